The van der Waals surface area contributed by atoms with Crippen molar-refractivity contribution in [3.8, 4) is 0 Å². The predicted molar refractivity (Wildman–Crippen MR) is 88.8 cm³/mol. The number of nitrogens with one attached hydrogen (secondary N) is 1. The number of aryl methyl sites for hydroxylation is 2. The van der Waals surface area contributed by atoms with Crippen LogP contribution in [0.5, 0.6) is 0 Å². The number of para-hydroxylation sites is 1. The number of oxazole rings is 1. The molecule has 0 aliphatic rings. The van der Waals surface area contributed by atoms with E-state index in [2.05, 4.69) is 10.3 Å². The Bertz CT molecular complexity index is 914. The molecule has 6 heteroatoms. The smallest absolute Gasteiger partial charge is 0.340 e. The lowest BCUT2D eigenvalue weighted by molar-refractivity contribution is -0.119. The van der Waals surface area contributed by atoms with Gasteiger partial charge in [0.2, 0.25) is 0 Å². The molecule has 0 fully saturated rings. The highest BCUT2D eigenvalue weighted by atomic mass is 16.5. The average Bonchev–Trinajstić information content (AvgIpc) is 3.04. The van der Waals surface area contributed by atoms with Crippen molar-refractivity contribution in [2.24, 2.45) is 0 Å². The molecule has 122 valence electrons. The van der Waals surface area contributed by atoms with E-state index < -0.39 is 11.9 Å². The van der Waals surface area contributed by atoms with Gasteiger partial charge in [-0.15, -0.1) is 0 Å². The van der Waals surface area contributed by atoms with E-state index in [0.29, 0.717) is 16.8 Å². The number of esters is 1. The number of hydrogen-bond donors (Lipinski definition) is 1. The lowest BCUT2D eigenvalue weighted by Gasteiger charge is -2.10. The highest BCUT2D eigenvalue weighted by Gasteiger charge is 2.16. The zero-order chi connectivity index (χ0) is 17.1. The number of rotatable bonds is 4. The van der Waals surface area contributed by atoms with Gasteiger partial charge in [0.15, 0.2) is 18.6 Å². The fraction of sp³-hybridized carbons (Fsp3) is 0.167. The SMILES string of the molecule is Cc1ccc(C)c(NC(=O)COC(=O)c2cccc3ocnc23)c1. The van der Waals surface area contributed by atoms with Crippen molar-refractivity contribution in [1.82, 2.24) is 4.98 Å². The first-order chi connectivity index (χ1) is 11.5. The maximum Gasteiger partial charge on any atom is 0.340 e. The molecule has 0 saturated carbocycles. The molecule has 3 aromatic rings. The van der Waals surface area contributed by atoms with Gasteiger partial charge < -0.3 is 14.5 Å². The first-order valence-electron chi connectivity index (χ1n) is 7.41. The summed E-state index contributed by atoms with van der Waals surface area (Å²) < 4.78 is 10.2. The van der Waals surface area contributed by atoms with Gasteiger partial charge in [0.25, 0.3) is 5.91 Å². The molecule has 0 unspecified atom stereocenters. The van der Waals surface area contributed by atoms with E-state index in [-0.39, 0.29) is 12.2 Å². The van der Waals surface area contributed by atoms with Crippen molar-refractivity contribution < 1.29 is 18.7 Å². The first-order valence-corrected chi connectivity index (χ1v) is 7.41. The zero-order valence-corrected chi connectivity index (χ0v) is 13.3. The van der Waals surface area contributed by atoms with Crippen LogP contribution in [-0.4, -0.2) is 23.5 Å². The largest absolute Gasteiger partial charge is 0.452 e. The number of aromatic nitrogens is 1. The van der Waals surface area contributed by atoms with Gasteiger partial charge in [-0.05, 0) is 43.2 Å². The van der Waals surface area contributed by atoms with Gasteiger partial charge in [0, 0.05) is 5.69 Å². The third kappa shape index (κ3) is 3.27. The quantitative estimate of drug-likeness (QED) is 0.745. The third-order valence-electron chi connectivity index (χ3n) is 3.58. The molecule has 0 aliphatic carbocycles. The number of ether oxygens (including phenoxy) is 1. The maximum atomic E-state index is 12.2. The second kappa shape index (κ2) is 6.54. The summed E-state index contributed by atoms with van der Waals surface area (Å²) in [4.78, 5) is 28.1. The number of benzene rings is 2. The number of anilines is 1. The van der Waals surface area contributed by atoms with Gasteiger partial charge in [-0.3, -0.25) is 4.79 Å². The molecule has 1 aromatic heterocycles. The number of hydrogen-bond acceptors (Lipinski definition) is 5. The number of fused-ring (bicyclic) bond motifs is 1. The van der Waals surface area contributed by atoms with Gasteiger partial charge in [0.1, 0.15) is 5.52 Å². The Labute approximate surface area is 138 Å². The molecule has 24 heavy (non-hydrogen) atoms. The van der Waals surface area contributed by atoms with Crippen LogP contribution in [0.15, 0.2) is 47.2 Å². The lowest BCUT2D eigenvalue weighted by atomic mass is 10.1. The Morgan fingerprint density at radius 2 is 2.04 bits per heavy atom. The van der Waals surface area contributed by atoms with Gasteiger partial charge in [-0.25, -0.2) is 9.78 Å². The van der Waals surface area contributed by atoms with Crippen LogP contribution in [0, 0.1) is 13.8 Å². The van der Waals surface area contributed by atoms with Crippen molar-refractivity contribution in [3.05, 3.63) is 59.5 Å². The van der Waals surface area contributed by atoms with Crippen LogP contribution in [0.4, 0.5) is 5.69 Å². The summed E-state index contributed by atoms with van der Waals surface area (Å²) in [5.41, 5.74) is 3.84. The second-order valence-electron chi connectivity index (χ2n) is 5.45. The summed E-state index contributed by atoms with van der Waals surface area (Å²) in [6.45, 7) is 3.46. The Hall–Kier alpha value is -3.15. The topological polar surface area (TPSA) is 81.4 Å². The first kappa shape index (κ1) is 15.7. The summed E-state index contributed by atoms with van der Waals surface area (Å²) in [6.07, 6.45) is 1.26. The monoisotopic (exact) mass is 324 g/mol. The molecule has 0 saturated heterocycles. The molecule has 0 aliphatic heterocycles. The van der Waals surface area contributed by atoms with Crippen LogP contribution in [0.25, 0.3) is 11.1 Å². The predicted octanol–water partition coefficient (Wildman–Crippen LogP) is 3.24. The van der Waals surface area contributed by atoms with Crippen LogP contribution in [0.2, 0.25) is 0 Å². The van der Waals surface area contributed by atoms with Crippen LogP contribution in [-0.2, 0) is 9.53 Å². The Morgan fingerprint density at radius 3 is 2.88 bits per heavy atom. The number of nitrogens with zero attached hydrogens (tertiary/aromatic N) is 1. The fourth-order valence-corrected chi connectivity index (χ4v) is 2.32. The molecule has 0 spiro atoms. The summed E-state index contributed by atoms with van der Waals surface area (Å²) in [6, 6.07) is 10.7. The molecule has 0 atom stereocenters. The summed E-state index contributed by atoms with van der Waals surface area (Å²) in [5, 5.41) is 2.74. The van der Waals surface area contributed by atoms with Crippen molar-refractivity contribution in [3.63, 3.8) is 0 Å². The maximum absolute atomic E-state index is 12.2. The van der Waals surface area contributed by atoms with Gasteiger partial charge in [0.05, 0.1) is 5.56 Å². The average molecular weight is 324 g/mol. The normalized spacial score (nSPS) is 10.6. The van der Waals surface area contributed by atoms with Gasteiger partial charge >= 0.3 is 5.97 Å². The molecule has 2 aromatic carbocycles. The number of amides is 1. The van der Waals surface area contributed by atoms with E-state index in [1.807, 2.05) is 32.0 Å². The lowest BCUT2D eigenvalue weighted by Crippen LogP contribution is -2.21. The van der Waals surface area contributed by atoms with Crippen molar-refractivity contribution in [2.45, 2.75) is 13.8 Å². The molecule has 1 amide bonds. The van der Waals surface area contributed by atoms with Crippen LogP contribution in [0.1, 0.15) is 21.5 Å². The zero-order valence-electron chi connectivity index (χ0n) is 13.3. The highest BCUT2D eigenvalue weighted by Crippen LogP contribution is 2.18. The van der Waals surface area contributed by atoms with E-state index in [0.717, 1.165) is 11.1 Å². The summed E-state index contributed by atoms with van der Waals surface area (Å²) >= 11 is 0. The Morgan fingerprint density at radius 1 is 1.21 bits per heavy atom. The second-order valence-corrected chi connectivity index (χ2v) is 5.45. The number of carbonyl (C=O) groups is 2. The molecule has 3 rings (SSSR count). The highest BCUT2D eigenvalue weighted by molar-refractivity contribution is 6.02. The van der Waals surface area contributed by atoms with E-state index in [1.165, 1.54) is 6.39 Å². The summed E-state index contributed by atoms with van der Waals surface area (Å²) in [5.74, 6) is -1.02. The van der Waals surface area contributed by atoms with Crippen molar-refractivity contribution in [1.29, 1.82) is 0 Å². The standard InChI is InChI=1S/C18H16N2O4/c1-11-6-7-12(2)14(8-11)20-16(21)9-23-18(22)13-4-3-5-15-17(13)19-10-24-15/h3-8,10H,9H2,1-2H3,(H,20,21). The molecule has 0 bridgehead atoms. The number of carbonyl (C=O) groups excluding carboxylic acids is 2. The fourth-order valence-electron chi connectivity index (χ4n) is 2.32. The molecular formula is C18H16N2O4. The molecule has 1 heterocycles. The van der Waals surface area contributed by atoms with E-state index in [1.54, 1.807) is 18.2 Å². The van der Waals surface area contributed by atoms with Gasteiger partial charge in [-0.1, -0.05) is 18.2 Å². The molecular weight excluding hydrogens is 308 g/mol. The van der Waals surface area contributed by atoms with Gasteiger partial charge in [-0.2, -0.15) is 0 Å². The van der Waals surface area contributed by atoms with E-state index in [4.69, 9.17) is 9.15 Å². The minimum Gasteiger partial charge on any atom is -0.452 e. The summed E-state index contributed by atoms with van der Waals surface area (Å²) in [7, 11) is 0. The van der Waals surface area contributed by atoms with E-state index >= 15 is 0 Å². The minimum absolute atomic E-state index is 0.265. The van der Waals surface area contributed by atoms with Crippen LogP contribution in [0.3, 0.4) is 0 Å². The molecule has 1 N–H and O–H groups in total. The minimum atomic E-state index is -0.620. The Balaban J connectivity index is 1.65. The van der Waals surface area contributed by atoms with Crippen molar-refractivity contribution in [2.75, 3.05) is 11.9 Å². The third-order valence-corrected chi connectivity index (χ3v) is 3.58. The van der Waals surface area contributed by atoms with Crippen LogP contribution >= 0.6 is 0 Å². The van der Waals surface area contributed by atoms with Crippen LogP contribution < -0.4 is 5.32 Å². The molecule has 6 nitrogen and oxygen atoms in total. The van der Waals surface area contributed by atoms with E-state index in [9.17, 15) is 9.59 Å². The molecule has 0 radical (unpaired) electrons. The Kier molecular flexibility index (Phi) is 4.29. The van der Waals surface area contributed by atoms with Crippen molar-refractivity contribution >= 4 is 28.7 Å².